The highest BCUT2D eigenvalue weighted by Crippen LogP contribution is 2.28. The molecule has 2 N–H and O–H groups in total. The number of nitrogens with zero attached hydrogens (tertiary/aromatic N) is 2. The fraction of sp³-hybridized carbons (Fsp3) is 0.846. The maximum Gasteiger partial charge on any atom is 0.258 e. The minimum atomic E-state index is -0.783. The predicted molar refractivity (Wildman–Crippen MR) is 71.6 cm³/mol. The molecule has 0 spiro atoms. The Kier molecular flexibility index (Phi) is 5.06. The third-order valence-electron chi connectivity index (χ3n) is 3.23. The Morgan fingerprint density at radius 1 is 1.37 bits per heavy atom. The molecule has 1 aromatic heterocycles. The first-order valence-corrected chi connectivity index (χ1v) is 6.55. The van der Waals surface area contributed by atoms with Crippen molar-refractivity contribution in [3.05, 3.63) is 11.7 Å². The van der Waals surface area contributed by atoms with Gasteiger partial charge in [-0.2, -0.15) is 4.98 Å². The van der Waals surface area contributed by atoms with Gasteiger partial charge in [0.2, 0.25) is 0 Å². The van der Waals surface area contributed by atoms with Gasteiger partial charge in [0, 0.05) is 7.11 Å². The quantitative estimate of drug-likeness (QED) is 0.816. The molecular formula is C13H25N3O3. The first kappa shape index (κ1) is 16.1. The highest BCUT2D eigenvalue weighted by Gasteiger charge is 2.35. The van der Waals surface area contributed by atoms with Crippen molar-refractivity contribution in [2.75, 3.05) is 13.7 Å². The normalized spacial score (nSPS) is 18.3. The topological polar surface area (TPSA) is 83.4 Å². The average molecular weight is 271 g/mol. The molecule has 0 fully saturated rings. The van der Waals surface area contributed by atoms with E-state index in [2.05, 4.69) is 10.1 Å². The fourth-order valence-corrected chi connectivity index (χ4v) is 1.46. The van der Waals surface area contributed by atoms with E-state index in [0.717, 1.165) is 6.42 Å². The minimum absolute atomic E-state index is 0.106. The van der Waals surface area contributed by atoms with Crippen molar-refractivity contribution in [1.82, 2.24) is 10.1 Å². The molecule has 0 aliphatic heterocycles. The smallest absolute Gasteiger partial charge is 0.258 e. The number of aromatic nitrogens is 2. The third-order valence-corrected chi connectivity index (χ3v) is 3.23. The van der Waals surface area contributed by atoms with E-state index >= 15 is 0 Å². The lowest BCUT2D eigenvalue weighted by atomic mass is 10.0. The number of rotatable bonds is 7. The summed E-state index contributed by atoms with van der Waals surface area (Å²) in [5, 5.41) is 3.96. The molecule has 0 bridgehead atoms. The summed E-state index contributed by atoms with van der Waals surface area (Å²) < 4.78 is 16.2. The summed E-state index contributed by atoms with van der Waals surface area (Å²) in [6, 6.07) is 0. The summed E-state index contributed by atoms with van der Waals surface area (Å²) in [7, 11) is 1.62. The van der Waals surface area contributed by atoms with Gasteiger partial charge in [0.15, 0.2) is 5.82 Å². The molecule has 0 amide bonds. The Balaban J connectivity index is 2.89. The van der Waals surface area contributed by atoms with Gasteiger partial charge < -0.3 is 19.7 Å². The average Bonchev–Trinajstić information content (AvgIpc) is 2.86. The number of methoxy groups -OCH3 is 1. The Morgan fingerprint density at radius 2 is 2.00 bits per heavy atom. The predicted octanol–water partition coefficient (Wildman–Crippen LogP) is 1.94. The van der Waals surface area contributed by atoms with Gasteiger partial charge in [-0.25, -0.2) is 0 Å². The van der Waals surface area contributed by atoms with Crippen molar-refractivity contribution in [2.24, 2.45) is 5.73 Å². The zero-order valence-electron chi connectivity index (χ0n) is 12.7. The fourth-order valence-electron chi connectivity index (χ4n) is 1.46. The molecule has 2 unspecified atom stereocenters. The maximum absolute atomic E-state index is 6.18. The van der Waals surface area contributed by atoms with Crippen LogP contribution in [0, 0.1) is 0 Å². The molecule has 0 aliphatic rings. The van der Waals surface area contributed by atoms with Crippen molar-refractivity contribution in [3.63, 3.8) is 0 Å². The molecule has 0 aliphatic carbocycles. The maximum atomic E-state index is 6.18. The second kappa shape index (κ2) is 5.98. The van der Waals surface area contributed by atoms with Crippen molar-refractivity contribution >= 4 is 0 Å². The molecule has 6 heteroatoms. The Hall–Kier alpha value is -0.980. The summed E-state index contributed by atoms with van der Waals surface area (Å²) in [4.78, 5) is 4.37. The Bertz CT molecular complexity index is 398. The molecule has 0 radical (unpaired) electrons. The third kappa shape index (κ3) is 3.75. The molecular weight excluding hydrogens is 246 g/mol. The van der Waals surface area contributed by atoms with Crippen LogP contribution < -0.4 is 5.73 Å². The van der Waals surface area contributed by atoms with Crippen molar-refractivity contribution < 1.29 is 14.0 Å². The number of hydrogen-bond acceptors (Lipinski definition) is 6. The van der Waals surface area contributed by atoms with Crippen LogP contribution >= 0.6 is 0 Å². The molecule has 19 heavy (non-hydrogen) atoms. The second-order valence-corrected chi connectivity index (χ2v) is 5.49. The lowest BCUT2D eigenvalue weighted by molar-refractivity contribution is -0.0272. The van der Waals surface area contributed by atoms with Crippen LogP contribution in [0.2, 0.25) is 0 Å². The van der Waals surface area contributed by atoms with Gasteiger partial charge in [-0.1, -0.05) is 12.1 Å². The van der Waals surface area contributed by atoms with Gasteiger partial charge in [-0.15, -0.1) is 0 Å². The van der Waals surface area contributed by atoms with Gasteiger partial charge in [0.05, 0.1) is 12.7 Å². The van der Waals surface area contributed by atoms with E-state index < -0.39 is 11.1 Å². The van der Waals surface area contributed by atoms with Crippen LogP contribution in [-0.2, 0) is 20.6 Å². The van der Waals surface area contributed by atoms with Crippen LogP contribution in [-0.4, -0.2) is 30.0 Å². The first-order valence-electron chi connectivity index (χ1n) is 6.55. The summed E-state index contributed by atoms with van der Waals surface area (Å²) in [5.74, 6) is 0.869. The lowest BCUT2D eigenvalue weighted by Gasteiger charge is -2.23. The summed E-state index contributed by atoms with van der Waals surface area (Å²) in [5.41, 5.74) is 4.81. The zero-order chi connectivity index (χ0) is 14.7. The van der Waals surface area contributed by atoms with Crippen LogP contribution in [0.15, 0.2) is 4.52 Å². The van der Waals surface area contributed by atoms with E-state index in [1.807, 2.05) is 34.6 Å². The first-order chi connectivity index (χ1) is 8.75. The van der Waals surface area contributed by atoms with Gasteiger partial charge >= 0.3 is 0 Å². The summed E-state index contributed by atoms with van der Waals surface area (Å²) >= 11 is 0. The lowest BCUT2D eigenvalue weighted by Crippen LogP contribution is -2.40. The zero-order valence-corrected chi connectivity index (χ0v) is 12.7. The van der Waals surface area contributed by atoms with Crippen molar-refractivity contribution in [3.8, 4) is 0 Å². The van der Waals surface area contributed by atoms with Gasteiger partial charge in [-0.05, 0) is 34.1 Å². The van der Waals surface area contributed by atoms with Gasteiger partial charge in [0.25, 0.3) is 5.89 Å². The van der Waals surface area contributed by atoms with Crippen LogP contribution in [0.3, 0.4) is 0 Å². The van der Waals surface area contributed by atoms with E-state index in [9.17, 15) is 0 Å². The molecule has 0 saturated heterocycles. The SMILES string of the molecule is CCC(C)(OC)c1nc(C(C)(N)COC(C)C)no1. The van der Waals surface area contributed by atoms with E-state index in [-0.39, 0.29) is 6.10 Å². The van der Waals surface area contributed by atoms with E-state index in [4.69, 9.17) is 19.7 Å². The molecule has 0 saturated carbocycles. The standard InChI is InChI=1S/C13H25N3O3/c1-7-13(5,17-6)11-15-10(16-19-11)12(4,14)8-18-9(2)3/h9H,7-8,14H2,1-6H3. The highest BCUT2D eigenvalue weighted by molar-refractivity contribution is 5.05. The van der Waals surface area contributed by atoms with Crippen molar-refractivity contribution in [2.45, 2.75) is 58.3 Å². The van der Waals surface area contributed by atoms with E-state index in [0.29, 0.717) is 18.3 Å². The number of hydrogen-bond donors (Lipinski definition) is 1. The highest BCUT2D eigenvalue weighted by atomic mass is 16.5. The summed E-state index contributed by atoms with van der Waals surface area (Å²) in [6.07, 6.45) is 0.837. The van der Waals surface area contributed by atoms with E-state index in [1.54, 1.807) is 7.11 Å². The minimum Gasteiger partial charge on any atom is -0.376 e. The van der Waals surface area contributed by atoms with Crippen LogP contribution in [0.5, 0.6) is 0 Å². The Labute approximate surface area is 114 Å². The Morgan fingerprint density at radius 3 is 2.47 bits per heavy atom. The van der Waals surface area contributed by atoms with Gasteiger partial charge in [-0.3, -0.25) is 0 Å². The molecule has 2 atom stereocenters. The molecule has 1 aromatic rings. The monoisotopic (exact) mass is 271 g/mol. The number of ether oxygens (including phenoxy) is 2. The molecule has 1 heterocycles. The van der Waals surface area contributed by atoms with Crippen LogP contribution in [0.25, 0.3) is 0 Å². The van der Waals surface area contributed by atoms with Gasteiger partial charge in [0.1, 0.15) is 11.1 Å². The van der Waals surface area contributed by atoms with E-state index in [1.165, 1.54) is 0 Å². The second-order valence-electron chi connectivity index (χ2n) is 5.49. The van der Waals surface area contributed by atoms with Crippen LogP contribution in [0.1, 0.15) is 52.8 Å². The molecule has 110 valence electrons. The van der Waals surface area contributed by atoms with Crippen LogP contribution in [0.4, 0.5) is 0 Å². The van der Waals surface area contributed by atoms with Crippen molar-refractivity contribution in [1.29, 1.82) is 0 Å². The number of nitrogens with two attached hydrogens (primary N) is 1. The summed E-state index contributed by atoms with van der Waals surface area (Å²) in [6.45, 7) is 9.97. The molecule has 6 nitrogen and oxygen atoms in total. The molecule has 0 aromatic carbocycles. The molecule has 1 rings (SSSR count). The largest absolute Gasteiger partial charge is 0.376 e.